The number of hydrogen-bond donors (Lipinski definition) is 4. The Morgan fingerprint density at radius 2 is 1.30 bits per heavy atom. The predicted octanol–water partition coefficient (Wildman–Crippen LogP) is 6.73. The Morgan fingerprint density at radius 1 is 0.703 bits per heavy atom. The van der Waals surface area contributed by atoms with Crippen LogP contribution in [0.5, 0.6) is 0 Å². The Labute approximate surface area is 370 Å². The molecule has 8 rings (SSSR count). The molecule has 17 nitrogen and oxygen atoms in total. The minimum atomic E-state index is -0.936. The number of fused-ring (bicyclic) bond motifs is 1. The first-order valence-electron chi connectivity index (χ1n) is 21.5. The molecular formula is C47H52N10O7. The zero-order valence-electron chi connectivity index (χ0n) is 36.2. The number of nitrogens with one attached hydrogen (secondary N) is 4. The number of amides is 4. The van der Waals surface area contributed by atoms with E-state index < -0.39 is 24.3 Å². The molecule has 64 heavy (non-hydrogen) atoms. The summed E-state index contributed by atoms with van der Waals surface area (Å²) in [5, 5.41) is 5.34. The summed E-state index contributed by atoms with van der Waals surface area (Å²) in [6, 6.07) is 21.3. The van der Waals surface area contributed by atoms with Crippen molar-refractivity contribution < 1.29 is 33.4 Å². The second kappa shape index (κ2) is 19.5. The van der Waals surface area contributed by atoms with Gasteiger partial charge in [-0.3, -0.25) is 14.6 Å². The van der Waals surface area contributed by atoms with Gasteiger partial charge in [-0.05, 0) is 54.9 Å². The lowest BCUT2D eigenvalue weighted by Gasteiger charge is -2.30. The second-order valence-corrected chi connectivity index (χ2v) is 16.3. The zero-order chi connectivity index (χ0) is 44.7. The van der Waals surface area contributed by atoms with Gasteiger partial charge in [0.2, 0.25) is 11.8 Å². The maximum Gasteiger partial charge on any atom is 0.407 e. The average Bonchev–Trinajstić information content (AvgIpc) is 4.17. The van der Waals surface area contributed by atoms with Gasteiger partial charge in [-0.2, -0.15) is 0 Å². The molecule has 0 spiro atoms. The van der Waals surface area contributed by atoms with Gasteiger partial charge in [0.05, 0.1) is 86.2 Å². The predicted molar refractivity (Wildman–Crippen MR) is 237 cm³/mol. The molecule has 2 saturated heterocycles. The van der Waals surface area contributed by atoms with Gasteiger partial charge in [-0.15, -0.1) is 0 Å². The first-order chi connectivity index (χ1) is 31.1. The van der Waals surface area contributed by atoms with Crippen LogP contribution in [0.25, 0.3) is 44.8 Å². The lowest BCUT2D eigenvalue weighted by Crippen LogP contribution is -2.51. The summed E-state index contributed by atoms with van der Waals surface area (Å²) in [6.45, 7) is 5.16. The molecule has 3 aromatic heterocycles. The van der Waals surface area contributed by atoms with Gasteiger partial charge in [0.1, 0.15) is 23.7 Å². The first-order valence-corrected chi connectivity index (χ1v) is 21.5. The number of benzene rings is 3. The number of aromatic nitrogens is 6. The molecule has 2 aliphatic rings. The molecule has 4 amide bonds. The van der Waals surface area contributed by atoms with E-state index >= 15 is 0 Å². The van der Waals surface area contributed by atoms with Gasteiger partial charge in [-0.1, -0.05) is 74.5 Å². The quantitative estimate of drug-likeness (QED) is 0.0903. The summed E-state index contributed by atoms with van der Waals surface area (Å²) < 4.78 is 15.4. The third-order valence-electron chi connectivity index (χ3n) is 11.8. The third-order valence-corrected chi connectivity index (χ3v) is 11.8. The summed E-state index contributed by atoms with van der Waals surface area (Å²) >= 11 is 0. The van der Waals surface area contributed by atoms with Gasteiger partial charge in [0, 0.05) is 24.2 Å². The summed E-state index contributed by atoms with van der Waals surface area (Å²) in [6.07, 6.45) is 7.04. The minimum absolute atomic E-state index is 0.0159. The Balaban J connectivity index is 0.919. The Bertz CT molecular complexity index is 2600. The summed E-state index contributed by atoms with van der Waals surface area (Å²) in [5.41, 5.74) is 7.41. The molecule has 17 heteroatoms. The van der Waals surface area contributed by atoms with E-state index in [2.05, 4.69) is 25.6 Å². The fraction of sp³-hybridized carbons (Fsp3) is 0.362. The minimum Gasteiger partial charge on any atom is -0.453 e. The van der Waals surface area contributed by atoms with Crippen LogP contribution in [-0.2, 0) is 30.4 Å². The molecule has 0 aliphatic carbocycles. The summed E-state index contributed by atoms with van der Waals surface area (Å²) in [7, 11) is 2.54. The van der Waals surface area contributed by atoms with Crippen molar-refractivity contribution in [2.24, 2.45) is 5.92 Å². The maximum absolute atomic E-state index is 13.9. The lowest BCUT2D eigenvalue weighted by atomic mass is 10.0. The molecule has 2 fully saturated rings. The van der Waals surface area contributed by atoms with E-state index in [1.54, 1.807) is 28.4 Å². The van der Waals surface area contributed by atoms with Crippen molar-refractivity contribution in [1.82, 2.24) is 50.3 Å². The molecule has 2 aliphatic heterocycles. The van der Waals surface area contributed by atoms with E-state index in [-0.39, 0.29) is 36.4 Å². The Hall–Kier alpha value is -7.14. The molecule has 6 aromatic rings. The highest BCUT2D eigenvalue weighted by Crippen LogP contribution is 2.35. The van der Waals surface area contributed by atoms with Crippen LogP contribution < -0.4 is 10.6 Å². The van der Waals surface area contributed by atoms with Crippen molar-refractivity contribution in [3.63, 3.8) is 0 Å². The van der Waals surface area contributed by atoms with Crippen LogP contribution in [0.4, 0.5) is 9.59 Å². The molecule has 4 N–H and O–H groups in total. The monoisotopic (exact) mass is 868 g/mol. The van der Waals surface area contributed by atoms with Gasteiger partial charge < -0.3 is 44.6 Å². The van der Waals surface area contributed by atoms with E-state index in [1.807, 2.05) is 86.6 Å². The number of alkyl carbamates (subject to hydrolysis) is 2. The smallest absolute Gasteiger partial charge is 0.407 e. The van der Waals surface area contributed by atoms with Crippen LogP contribution >= 0.6 is 0 Å². The number of nitrogens with zero attached hydrogens (tertiary/aromatic N) is 6. The Kier molecular flexibility index (Phi) is 13.3. The van der Waals surface area contributed by atoms with Crippen molar-refractivity contribution in [3.05, 3.63) is 109 Å². The normalized spacial score (nSPS) is 17.1. The van der Waals surface area contributed by atoms with E-state index in [9.17, 15) is 19.2 Å². The van der Waals surface area contributed by atoms with Gasteiger partial charge in [-0.25, -0.2) is 24.5 Å². The highest BCUT2D eigenvalue weighted by atomic mass is 16.5. The largest absolute Gasteiger partial charge is 0.453 e. The fourth-order valence-corrected chi connectivity index (χ4v) is 8.40. The van der Waals surface area contributed by atoms with Gasteiger partial charge >= 0.3 is 12.2 Å². The molecular weight excluding hydrogens is 817 g/mol. The SMILES string of the molecule is COC(=O)N[C@H](C(=O)N1CCC[C@H]1c1ncc(-c2ccc(-c3cnc4cc(-c5cnc([C@@H]6CCCN6C(=O)[C@@H](COCc6ccccc6)NC(=O)OC)[nH]5)ccc4n3)cc2)[nH]1)C(C)C. The molecule has 0 unspecified atom stereocenters. The number of likely N-dealkylation sites (tertiary alicyclic amines) is 2. The Morgan fingerprint density at radius 3 is 1.94 bits per heavy atom. The van der Waals surface area contributed by atoms with E-state index in [4.69, 9.17) is 29.2 Å². The van der Waals surface area contributed by atoms with E-state index in [0.29, 0.717) is 43.3 Å². The number of H-pyrrole nitrogens is 2. The van der Waals surface area contributed by atoms with Crippen molar-refractivity contribution >= 4 is 35.0 Å². The zero-order valence-corrected chi connectivity index (χ0v) is 36.2. The molecule has 5 heterocycles. The molecule has 4 atom stereocenters. The number of ether oxygens (including phenoxy) is 3. The number of methoxy groups -OCH3 is 2. The van der Waals surface area contributed by atoms with Crippen molar-refractivity contribution in [1.29, 1.82) is 0 Å². The average molecular weight is 869 g/mol. The number of hydrogen-bond acceptors (Lipinski definition) is 11. The molecule has 0 saturated carbocycles. The number of carbonyl (C=O) groups excluding carboxylic acids is 4. The highest BCUT2D eigenvalue weighted by molar-refractivity contribution is 5.87. The highest BCUT2D eigenvalue weighted by Gasteiger charge is 2.38. The van der Waals surface area contributed by atoms with Crippen LogP contribution in [0.1, 0.15) is 68.8 Å². The molecule has 0 radical (unpaired) electrons. The van der Waals surface area contributed by atoms with E-state index in [0.717, 1.165) is 64.1 Å². The maximum atomic E-state index is 13.9. The van der Waals surface area contributed by atoms with Crippen LogP contribution in [0.2, 0.25) is 0 Å². The molecule has 332 valence electrons. The lowest BCUT2D eigenvalue weighted by molar-refractivity contribution is -0.136. The number of imidazole rings is 2. The van der Waals surface area contributed by atoms with Crippen LogP contribution in [0.3, 0.4) is 0 Å². The third kappa shape index (κ3) is 9.58. The second-order valence-electron chi connectivity index (χ2n) is 16.3. The number of carbonyl (C=O) groups is 4. The van der Waals surface area contributed by atoms with Crippen molar-refractivity contribution in [2.45, 2.75) is 70.3 Å². The summed E-state index contributed by atoms with van der Waals surface area (Å²) in [4.78, 5) is 81.1. The van der Waals surface area contributed by atoms with Gasteiger partial charge in [0.25, 0.3) is 0 Å². The molecule has 0 bridgehead atoms. The topological polar surface area (TPSA) is 210 Å². The van der Waals surface area contributed by atoms with Crippen molar-refractivity contribution in [3.8, 4) is 33.8 Å². The standard InChI is InChI=1S/C47H52N10O7/c1-28(2)41(55-47(61)63-4)45(59)57-21-9-13-40(57)43-49-24-36(52-43)31-16-14-30(15-17-31)35-23-48-34-22-32(18-19-33(34)51-35)37-25-50-42(53-37)39-12-8-20-56(39)44(58)38(54-46(60)62-3)27-64-26-29-10-6-5-7-11-29/h5-7,10-11,14-19,22-25,28,38-41H,8-9,12-13,20-21,26-27H2,1-4H3,(H,49,52)(H,50,53)(H,54,60)(H,55,61)/t38-,39+,40+,41+/m1/s1. The first kappa shape index (κ1) is 43.5. The van der Waals surface area contributed by atoms with Crippen LogP contribution in [0, 0.1) is 5.92 Å². The van der Waals surface area contributed by atoms with Crippen LogP contribution in [-0.4, -0.2) is 110 Å². The van der Waals surface area contributed by atoms with Crippen LogP contribution in [0.15, 0.2) is 91.4 Å². The number of aromatic amines is 2. The molecule has 3 aromatic carbocycles. The van der Waals surface area contributed by atoms with E-state index in [1.165, 1.54) is 14.2 Å². The fourth-order valence-electron chi connectivity index (χ4n) is 8.40. The number of rotatable bonds is 14. The summed E-state index contributed by atoms with van der Waals surface area (Å²) in [5.74, 6) is 0.810. The van der Waals surface area contributed by atoms with Gasteiger partial charge in [0.15, 0.2) is 0 Å². The van der Waals surface area contributed by atoms with Crippen molar-refractivity contribution in [2.75, 3.05) is 33.9 Å².